The van der Waals surface area contributed by atoms with Crippen LogP contribution in [-0.4, -0.2) is 14.2 Å². The second-order valence-corrected chi connectivity index (χ2v) is 9.90. The number of hydrogen-bond acceptors (Lipinski definition) is 4. The number of carbonyl (C=O) groups is 1. The molecule has 0 saturated carbocycles. The van der Waals surface area contributed by atoms with Crippen LogP contribution in [0.5, 0.6) is 0 Å². The zero-order valence-electron chi connectivity index (χ0n) is 13.1. The van der Waals surface area contributed by atoms with E-state index in [9.17, 15) is 13.2 Å². The van der Waals surface area contributed by atoms with Crippen molar-refractivity contribution in [3.05, 3.63) is 81.3 Å². The molecule has 7 heteroatoms. The number of halogens is 2. The van der Waals surface area contributed by atoms with Crippen LogP contribution in [0.3, 0.4) is 0 Å². The Morgan fingerprint density at radius 2 is 1.58 bits per heavy atom. The topological polar surface area (TPSA) is 51.2 Å². The molecule has 0 spiro atoms. The number of benzene rings is 3. The maximum Gasteiger partial charge on any atom is 0.209 e. The summed E-state index contributed by atoms with van der Waals surface area (Å²) in [6.07, 6.45) is 0. The first-order valence-corrected chi connectivity index (χ1v) is 11.0. The molecule has 0 radical (unpaired) electrons. The summed E-state index contributed by atoms with van der Waals surface area (Å²) in [5.74, 6) is -0.326. The van der Waals surface area contributed by atoms with E-state index in [1.54, 1.807) is 18.2 Å². The third kappa shape index (κ3) is 2.81. The van der Waals surface area contributed by atoms with E-state index in [0.29, 0.717) is 4.90 Å². The highest BCUT2D eigenvalue weighted by atomic mass is 79.9. The van der Waals surface area contributed by atoms with Crippen molar-refractivity contribution >= 4 is 54.9 Å². The minimum absolute atomic E-state index is 0.00481. The second kappa shape index (κ2) is 6.53. The van der Waals surface area contributed by atoms with Crippen molar-refractivity contribution in [2.24, 2.45) is 0 Å². The molecule has 0 amide bonds. The summed E-state index contributed by atoms with van der Waals surface area (Å²) in [7, 11) is -3.86. The maximum absolute atomic E-state index is 13.1. The molecule has 3 nitrogen and oxygen atoms in total. The van der Waals surface area contributed by atoms with Crippen molar-refractivity contribution in [2.75, 3.05) is 0 Å². The first kappa shape index (κ1) is 17.8. The molecule has 4 rings (SSSR count). The number of ketones is 1. The second-order valence-electron chi connectivity index (χ2n) is 5.64. The van der Waals surface area contributed by atoms with Crippen LogP contribution in [0.25, 0.3) is 0 Å². The van der Waals surface area contributed by atoms with E-state index >= 15 is 0 Å². The van der Waals surface area contributed by atoms with Crippen LogP contribution in [0.4, 0.5) is 0 Å². The van der Waals surface area contributed by atoms with Gasteiger partial charge >= 0.3 is 0 Å². The predicted octanol–water partition coefficient (Wildman–Crippen LogP) is 5.63. The standard InChI is InChI=1S/C19H10BrClO3S2/c20-11-5-7-12(8-6-11)25-15-10-9-14-18(22)13-3-1-2-4-16(13)26(23,24)19(14)17(15)21/h1-10H. The molecule has 0 saturated heterocycles. The van der Waals surface area contributed by atoms with Crippen LogP contribution in [0, 0.1) is 0 Å². The lowest BCUT2D eigenvalue weighted by atomic mass is 10.0. The molecule has 0 unspecified atom stereocenters. The zero-order chi connectivity index (χ0) is 18.5. The molecule has 0 N–H and O–H groups in total. The molecule has 0 fully saturated rings. The van der Waals surface area contributed by atoms with Crippen LogP contribution in [0.15, 0.2) is 84.7 Å². The minimum Gasteiger partial charge on any atom is -0.289 e. The van der Waals surface area contributed by atoms with Crippen LogP contribution in [0.2, 0.25) is 5.02 Å². The van der Waals surface area contributed by atoms with Crippen LogP contribution in [-0.2, 0) is 9.84 Å². The summed E-state index contributed by atoms with van der Waals surface area (Å²) in [6, 6.07) is 17.0. The predicted molar refractivity (Wildman–Crippen MR) is 105 cm³/mol. The fourth-order valence-corrected chi connectivity index (χ4v) is 6.32. The van der Waals surface area contributed by atoms with E-state index in [-0.39, 0.29) is 31.7 Å². The fraction of sp³-hybridized carbons (Fsp3) is 0. The SMILES string of the molecule is O=C1c2ccccc2S(=O)(=O)c2c1ccc(Sc1ccc(Br)cc1)c2Cl. The molecule has 1 aliphatic rings. The summed E-state index contributed by atoms with van der Waals surface area (Å²) in [6.45, 7) is 0. The number of hydrogen-bond donors (Lipinski definition) is 0. The molecule has 3 aromatic rings. The van der Waals surface area contributed by atoms with Crippen molar-refractivity contribution in [1.82, 2.24) is 0 Å². The molecule has 0 bridgehead atoms. The molecule has 0 atom stereocenters. The normalized spacial score (nSPS) is 14.6. The van der Waals surface area contributed by atoms with Gasteiger partial charge in [-0.25, -0.2) is 8.42 Å². The molecule has 0 aromatic heterocycles. The van der Waals surface area contributed by atoms with Gasteiger partial charge in [-0.1, -0.05) is 51.4 Å². The smallest absolute Gasteiger partial charge is 0.209 e. The van der Waals surface area contributed by atoms with Gasteiger partial charge in [-0.2, -0.15) is 0 Å². The van der Waals surface area contributed by atoms with Crippen LogP contribution in [0.1, 0.15) is 15.9 Å². The van der Waals surface area contributed by atoms with Gasteiger partial charge in [-0.15, -0.1) is 0 Å². The average molecular weight is 466 g/mol. The molecular formula is C19H10BrClO3S2. The van der Waals surface area contributed by atoms with Gasteiger partial charge < -0.3 is 0 Å². The number of fused-ring (bicyclic) bond motifs is 2. The minimum atomic E-state index is -3.86. The Labute approximate surface area is 168 Å². The first-order chi connectivity index (χ1) is 12.4. The van der Waals surface area contributed by atoms with Gasteiger partial charge in [0.15, 0.2) is 5.78 Å². The summed E-state index contributed by atoms with van der Waals surface area (Å²) in [5, 5.41) is 0.0817. The first-order valence-electron chi connectivity index (χ1n) is 7.54. The van der Waals surface area contributed by atoms with E-state index < -0.39 is 9.84 Å². The average Bonchev–Trinajstić information content (AvgIpc) is 2.63. The van der Waals surface area contributed by atoms with E-state index in [1.807, 2.05) is 24.3 Å². The van der Waals surface area contributed by atoms with Gasteiger partial charge in [0.2, 0.25) is 9.84 Å². The number of sulfone groups is 1. The number of carbonyl (C=O) groups excluding carboxylic acids is 1. The third-order valence-corrected chi connectivity index (χ3v) is 8.15. The third-order valence-electron chi connectivity index (χ3n) is 4.04. The Balaban J connectivity index is 1.88. The zero-order valence-corrected chi connectivity index (χ0v) is 17.0. The van der Waals surface area contributed by atoms with Gasteiger partial charge in [0, 0.05) is 25.4 Å². The lowest BCUT2D eigenvalue weighted by Gasteiger charge is -2.21. The Hall–Kier alpha value is -1.60. The number of rotatable bonds is 2. The lowest BCUT2D eigenvalue weighted by Crippen LogP contribution is -2.20. The lowest BCUT2D eigenvalue weighted by molar-refractivity contribution is 0.103. The van der Waals surface area contributed by atoms with Crippen LogP contribution >= 0.6 is 39.3 Å². The van der Waals surface area contributed by atoms with E-state index in [1.165, 1.54) is 30.0 Å². The summed E-state index contributed by atoms with van der Waals surface area (Å²) in [5.41, 5.74) is 0.304. The molecule has 1 heterocycles. The molecule has 130 valence electrons. The van der Waals surface area contributed by atoms with Crippen molar-refractivity contribution in [3.8, 4) is 0 Å². The van der Waals surface area contributed by atoms with Crippen molar-refractivity contribution in [1.29, 1.82) is 0 Å². The van der Waals surface area contributed by atoms with Gasteiger partial charge in [-0.05, 0) is 48.5 Å². The van der Waals surface area contributed by atoms with Gasteiger partial charge in [0.1, 0.15) is 4.90 Å². The highest BCUT2D eigenvalue weighted by Crippen LogP contribution is 2.44. The Kier molecular flexibility index (Phi) is 4.47. The molecule has 1 aliphatic heterocycles. The van der Waals surface area contributed by atoms with Gasteiger partial charge in [0.25, 0.3) is 0 Å². The Morgan fingerprint density at radius 1 is 0.885 bits per heavy atom. The quantitative estimate of drug-likeness (QED) is 0.385. The van der Waals surface area contributed by atoms with E-state index in [0.717, 1.165) is 9.37 Å². The fourth-order valence-electron chi connectivity index (χ4n) is 2.83. The highest BCUT2D eigenvalue weighted by molar-refractivity contribution is 9.10. The van der Waals surface area contributed by atoms with Gasteiger partial charge in [0.05, 0.1) is 9.92 Å². The Bertz CT molecular complexity index is 1160. The van der Waals surface area contributed by atoms with Crippen molar-refractivity contribution < 1.29 is 13.2 Å². The van der Waals surface area contributed by atoms with Crippen molar-refractivity contribution in [2.45, 2.75) is 19.6 Å². The van der Waals surface area contributed by atoms with Crippen LogP contribution < -0.4 is 0 Å². The monoisotopic (exact) mass is 464 g/mol. The molecule has 26 heavy (non-hydrogen) atoms. The van der Waals surface area contributed by atoms with Crippen molar-refractivity contribution in [3.63, 3.8) is 0 Å². The summed E-state index contributed by atoms with van der Waals surface area (Å²) < 4.78 is 27.1. The summed E-state index contributed by atoms with van der Waals surface area (Å²) >= 11 is 11.2. The van der Waals surface area contributed by atoms with E-state index in [2.05, 4.69) is 15.9 Å². The molecule has 0 aliphatic carbocycles. The molecular weight excluding hydrogens is 456 g/mol. The largest absolute Gasteiger partial charge is 0.289 e. The maximum atomic E-state index is 13.1. The Morgan fingerprint density at radius 3 is 2.31 bits per heavy atom. The molecule has 3 aromatic carbocycles. The van der Waals surface area contributed by atoms with Gasteiger partial charge in [-0.3, -0.25) is 4.79 Å². The summed E-state index contributed by atoms with van der Waals surface area (Å²) in [4.78, 5) is 14.1. The van der Waals surface area contributed by atoms with E-state index in [4.69, 9.17) is 11.6 Å². The highest BCUT2D eigenvalue weighted by Gasteiger charge is 2.37.